The van der Waals surface area contributed by atoms with Crippen molar-refractivity contribution < 1.29 is 0 Å². The van der Waals surface area contributed by atoms with E-state index in [4.69, 9.17) is 10.7 Å². The van der Waals surface area contributed by atoms with Crippen LogP contribution in [0, 0.1) is 0 Å². The molecular formula is C29H25N3S. The maximum atomic E-state index is 5.98. The summed E-state index contributed by atoms with van der Waals surface area (Å²) in [5, 5.41) is 3.35. The predicted octanol–water partition coefficient (Wildman–Crippen LogP) is 6.15. The van der Waals surface area contributed by atoms with E-state index in [0.29, 0.717) is 5.70 Å². The topological polar surface area (TPSA) is 54.2 Å². The van der Waals surface area contributed by atoms with Gasteiger partial charge in [-0.15, -0.1) is 11.3 Å². The van der Waals surface area contributed by atoms with Gasteiger partial charge in [-0.25, -0.2) is 4.99 Å². The molecular weight excluding hydrogens is 422 g/mol. The van der Waals surface area contributed by atoms with Crippen LogP contribution in [0.4, 0.5) is 0 Å². The second kappa shape index (κ2) is 8.23. The van der Waals surface area contributed by atoms with Gasteiger partial charge >= 0.3 is 0 Å². The minimum absolute atomic E-state index is 0.645. The van der Waals surface area contributed by atoms with Gasteiger partial charge in [-0.05, 0) is 79.1 Å². The first-order valence-electron chi connectivity index (χ1n) is 10.9. The lowest BCUT2D eigenvalue weighted by molar-refractivity contribution is 1.17. The standard InChI is InChI=1S/C29H25N3S/c1-5-18(14-20(30)6-2)19-10-11-25-23(15-19)29(32-25)26-16-22-21(8-7-9-24(22)31-26)28-13-12-27(33-28)17(3)4/h5-16,31H,2-3,30H2,1,4H3/b18-5+,20-14+. The van der Waals surface area contributed by atoms with Crippen LogP contribution in [-0.4, -0.2) is 4.98 Å². The van der Waals surface area contributed by atoms with Crippen molar-refractivity contribution in [1.82, 2.24) is 4.98 Å². The lowest BCUT2D eigenvalue weighted by atomic mass is 10.0. The molecule has 0 bridgehead atoms. The van der Waals surface area contributed by atoms with Gasteiger partial charge in [0, 0.05) is 37.1 Å². The van der Waals surface area contributed by atoms with E-state index in [9.17, 15) is 0 Å². The summed E-state index contributed by atoms with van der Waals surface area (Å²) in [6.45, 7) is 11.9. The summed E-state index contributed by atoms with van der Waals surface area (Å²) in [4.78, 5) is 10.8. The Morgan fingerprint density at radius 1 is 1.12 bits per heavy atom. The van der Waals surface area contributed by atoms with Gasteiger partial charge in [-0.3, -0.25) is 0 Å². The number of nitrogens with zero attached hydrogens (tertiary/aromatic N) is 1. The predicted molar refractivity (Wildman–Crippen MR) is 142 cm³/mol. The van der Waals surface area contributed by atoms with Gasteiger partial charge in [-0.1, -0.05) is 37.4 Å². The number of allylic oxidation sites excluding steroid dienone is 5. The number of hydrogen-bond acceptors (Lipinski definition) is 3. The molecule has 1 aliphatic rings. The zero-order valence-corrected chi connectivity index (χ0v) is 19.6. The van der Waals surface area contributed by atoms with Crippen molar-refractivity contribution in [3.05, 3.63) is 118 Å². The Bertz CT molecular complexity index is 1620. The zero-order chi connectivity index (χ0) is 23.1. The number of hydrogen-bond donors (Lipinski definition) is 2. The largest absolute Gasteiger partial charge is 0.399 e. The van der Waals surface area contributed by atoms with E-state index in [0.717, 1.165) is 44.2 Å². The Morgan fingerprint density at radius 3 is 2.70 bits per heavy atom. The van der Waals surface area contributed by atoms with Crippen LogP contribution in [0.1, 0.15) is 30.0 Å². The molecule has 4 aromatic rings. The Morgan fingerprint density at radius 2 is 1.97 bits per heavy atom. The van der Waals surface area contributed by atoms with Crippen molar-refractivity contribution in [1.29, 1.82) is 0 Å². The molecule has 0 fully saturated rings. The van der Waals surface area contributed by atoms with Gasteiger partial charge in [-0.2, -0.15) is 0 Å². The molecule has 5 rings (SSSR count). The number of fused-ring (bicyclic) bond motifs is 2. The number of nitrogens with one attached hydrogen (secondary N) is 1. The molecule has 0 saturated carbocycles. The Hall–Kier alpha value is -3.89. The fraction of sp³-hybridized carbons (Fsp3) is 0.0690. The van der Waals surface area contributed by atoms with Crippen molar-refractivity contribution in [2.75, 3.05) is 0 Å². The molecule has 2 aromatic carbocycles. The highest BCUT2D eigenvalue weighted by molar-refractivity contribution is 7.16. The fourth-order valence-electron chi connectivity index (χ4n) is 4.12. The molecule has 0 aliphatic carbocycles. The molecule has 1 aliphatic heterocycles. The van der Waals surface area contributed by atoms with Crippen molar-refractivity contribution in [3.63, 3.8) is 0 Å². The summed E-state index contributed by atoms with van der Waals surface area (Å²) in [6.07, 6.45) is 5.66. The third-order valence-electron chi connectivity index (χ3n) is 5.90. The van der Waals surface area contributed by atoms with Gasteiger partial charge < -0.3 is 10.7 Å². The van der Waals surface area contributed by atoms with E-state index >= 15 is 0 Å². The molecule has 0 radical (unpaired) electrons. The SMILES string of the molecule is C=C/C(N)=C\C(=C/C)c1ccc2c(c1)=C(c1cc3c(-c4ccc(C(=C)C)s4)cccc3[nH]1)N=2. The minimum atomic E-state index is 0.645. The van der Waals surface area contributed by atoms with Gasteiger partial charge in [0.1, 0.15) is 0 Å². The highest BCUT2D eigenvalue weighted by Crippen LogP contribution is 2.36. The second-order valence-electron chi connectivity index (χ2n) is 8.18. The summed E-state index contributed by atoms with van der Waals surface area (Å²) in [5.74, 6) is 0. The van der Waals surface area contributed by atoms with Gasteiger partial charge in [0.15, 0.2) is 0 Å². The molecule has 0 atom stereocenters. The monoisotopic (exact) mass is 447 g/mol. The molecule has 0 saturated heterocycles. The van der Waals surface area contributed by atoms with E-state index in [2.05, 4.69) is 78.8 Å². The maximum absolute atomic E-state index is 5.98. The number of thiophene rings is 1. The smallest absolute Gasteiger partial charge is 0.0966 e. The van der Waals surface area contributed by atoms with E-state index in [1.807, 2.05) is 19.9 Å². The summed E-state index contributed by atoms with van der Waals surface area (Å²) in [5.41, 5.74) is 14.2. The first kappa shape index (κ1) is 21.0. The van der Waals surface area contributed by atoms with Crippen molar-refractivity contribution in [2.45, 2.75) is 13.8 Å². The van der Waals surface area contributed by atoms with Gasteiger partial charge in [0.25, 0.3) is 0 Å². The number of benzene rings is 2. The first-order chi connectivity index (χ1) is 16.0. The van der Waals surface area contributed by atoms with Crippen LogP contribution in [0.25, 0.3) is 38.2 Å². The summed E-state index contributed by atoms with van der Waals surface area (Å²) in [6, 6.07) is 19.3. The Labute approximate surface area is 197 Å². The quantitative estimate of drug-likeness (QED) is 0.342. The van der Waals surface area contributed by atoms with Crippen LogP contribution in [0.2, 0.25) is 0 Å². The molecule has 4 heteroatoms. The molecule has 0 spiro atoms. The molecule has 33 heavy (non-hydrogen) atoms. The van der Waals surface area contributed by atoms with E-state index in [1.165, 1.54) is 20.7 Å². The van der Waals surface area contributed by atoms with Gasteiger partial charge in [0.2, 0.25) is 0 Å². The lowest BCUT2D eigenvalue weighted by Crippen LogP contribution is -2.35. The molecule has 3 heterocycles. The van der Waals surface area contributed by atoms with Crippen molar-refractivity contribution >= 4 is 39.1 Å². The average molecular weight is 448 g/mol. The van der Waals surface area contributed by atoms with E-state index in [-0.39, 0.29) is 0 Å². The highest BCUT2D eigenvalue weighted by atomic mass is 32.1. The summed E-state index contributed by atoms with van der Waals surface area (Å²) in [7, 11) is 0. The summed E-state index contributed by atoms with van der Waals surface area (Å²) >= 11 is 1.78. The second-order valence-corrected chi connectivity index (χ2v) is 9.26. The average Bonchev–Trinajstić information content (AvgIpc) is 3.45. The van der Waals surface area contributed by atoms with Crippen molar-refractivity contribution in [3.8, 4) is 10.4 Å². The van der Waals surface area contributed by atoms with Gasteiger partial charge in [0.05, 0.1) is 16.7 Å². The molecule has 162 valence electrons. The number of rotatable bonds is 6. The minimum Gasteiger partial charge on any atom is -0.399 e. The van der Waals surface area contributed by atoms with Crippen LogP contribution in [0.15, 0.2) is 96.7 Å². The summed E-state index contributed by atoms with van der Waals surface area (Å²) < 4.78 is 0. The highest BCUT2D eigenvalue weighted by Gasteiger charge is 2.16. The third-order valence-corrected chi connectivity index (χ3v) is 7.18. The van der Waals surface area contributed by atoms with Crippen LogP contribution in [-0.2, 0) is 0 Å². The van der Waals surface area contributed by atoms with E-state index < -0.39 is 0 Å². The number of aromatic nitrogens is 1. The van der Waals surface area contributed by atoms with Crippen LogP contribution >= 0.6 is 11.3 Å². The fourth-order valence-corrected chi connectivity index (χ4v) is 5.09. The van der Waals surface area contributed by atoms with Crippen molar-refractivity contribution in [2.24, 2.45) is 10.7 Å². The zero-order valence-electron chi connectivity index (χ0n) is 18.8. The Balaban J connectivity index is 1.60. The number of nitrogens with two attached hydrogens (primary N) is 1. The molecule has 2 aromatic heterocycles. The number of H-pyrrole nitrogens is 1. The molecule has 3 nitrogen and oxygen atoms in total. The van der Waals surface area contributed by atoms with Crippen LogP contribution in [0.3, 0.4) is 0 Å². The van der Waals surface area contributed by atoms with Crippen LogP contribution < -0.4 is 16.3 Å². The normalized spacial score (nSPS) is 13.5. The third kappa shape index (κ3) is 3.69. The Kier molecular flexibility index (Phi) is 5.23. The van der Waals surface area contributed by atoms with Crippen LogP contribution in [0.5, 0.6) is 0 Å². The molecule has 3 N–H and O–H groups in total. The maximum Gasteiger partial charge on any atom is 0.0966 e. The van der Waals surface area contributed by atoms with E-state index in [1.54, 1.807) is 17.4 Å². The lowest BCUT2D eigenvalue weighted by Gasteiger charge is -2.11. The molecule has 0 unspecified atom stereocenters. The number of aromatic amines is 1. The molecule has 0 amide bonds. The first-order valence-corrected chi connectivity index (χ1v) is 11.7.